The lowest BCUT2D eigenvalue weighted by Gasteiger charge is -2.31. The van der Waals surface area contributed by atoms with Crippen LogP contribution < -0.4 is 5.32 Å². The van der Waals surface area contributed by atoms with Crippen molar-refractivity contribution in [2.45, 2.75) is 51.2 Å². The molecule has 0 spiro atoms. The van der Waals surface area contributed by atoms with Crippen LogP contribution in [0.3, 0.4) is 0 Å². The summed E-state index contributed by atoms with van der Waals surface area (Å²) in [6.45, 7) is 6.50. The molecule has 0 unspecified atom stereocenters. The molecule has 3 nitrogen and oxygen atoms in total. The van der Waals surface area contributed by atoms with Crippen molar-refractivity contribution in [2.75, 3.05) is 19.8 Å². The Morgan fingerprint density at radius 1 is 1.40 bits per heavy atom. The summed E-state index contributed by atoms with van der Waals surface area (Å²) >= 11 is 0. The minimum absolute atomic E-state index is 0.385. The lowest BCUT2D eigenvalue weighted by Crippen LogP contribution is -2.47. The Morgan fingerprint density at radius 2 is 2.20 bits per heavy atom. The van der Waals surface area contributed by atoms with Gasteiger partial charge < -0.3 is 15.2 Å². The second kappa shape index (κ2) is 4.04. The van der Waals surface area contributed by atoms with E-state index < -0.39 is 5.60 Å². The first-order valence-electron chi connectivity index (χ1n) is 6.05. The Bertz CT molecular complexity index is 222. The molecule has 2 atom stereocenters. The number of ether oxygens (including phenoxy) is 1. The van der Waals surface area contributed by atoms with Gasteiger partial charge in [0.05, 0.1) is 6.61 Å². The third kappa shape index (κ3) is 2.52. The first-order valence-corrected chi connectivity index (χ1v) is 6.05. The molecule has 2 aliphatic rings. The number of hydrogen-bond acceptors (Lipinski definition) is 3. The van der Waals surface area contributed by atoms with Gasteiger partial charge in [-0.25, -0.2) is 0 Å². The summed E-state index contributed by atoms with van der Waals surface area (Å²) in [5, 5.41) is 13.7. The Morgan fingerprint density at radius 3 is 2.73 bits per heavy atom. The molecular weight excluding hydrogens is 190 g/mol. The molecule has 0 radical (unpaired) electrons. The van der Waals surface area contributed by atoms with Gasteiger partial charge in [-0.1, -0.05) is 20.3 Å². The van der Waals surface area contributed by atoms with Crippen molar-refractivity contribution in [1.29, 1.82) is 0 Å². The largest absolute Gasteiger partial charge is 0.386 e. The third-order valence-electron chi connectivity index (χ3n) is 4.02. The summed E-state index contributed by atoms with van der Waals surface area (Å²) in [5.41, 5.74) is -0.228. The normalized spacial score (nSPS) is 39.8. The molecule has 0 amide bonds. The molecule has 0 aromatic carbocycles. The fourth-order valence-corrected chi connectivity index (χ4v) is 2.75. The lowest BCUT2D eigenvalue weighted by molar-refractivity contribution is 0.0220. The van der Waals surface area contributed by atoms with Crippen molar-refractivity contribution in [1.82, 2.24) is 5.32 Å². The second-order valence-electron chi connectivity index (χ2n) is 5.84. The highest BCUT2D eigenvalue weighted by Gasteiger charge is 2.37. The number of rotatable bonds is 3. The average Bonchev–Trinajstić information content (AvgIpc) is 2.70. The first-order chi connectivity index (χ1) is 7.02. The summed E-state index contributed by atoms with van der Waals surface area (Å²) in [6.07, 6.45) is 4.61. The van der Waals surface area contributed by atoms with Crippen molar-refractivity contribution >= 4 is 0 Å². The lowest BCUT2D eigenvalue weighted by atomic mass is 9.87. The molecule has 0 bridgehead atoms. The Balaban J connectivity index is 1.82. The number of hydrogen-bond donors (Lipinski definition) is 2. The Labute approximate surface area is 92.2 Å². The first kappa shape index (κ1) is 11.4. The van der Waals surface area contributed by atoms with Crippen molar-refractivity contribution in [3.05, 3.63) is 0 Å². The van der Waals surface area contributed by atoms with Gasteiger partial charge in [-0.2, -0.15) is 0 Å². The minimum atomic E-state index is -0.612. The summed E-state index contributed by atoms with van der Waals surface area (Å²) in [4.78, 5) is 0. The van der Waals surface area contributed by atoms with E-state index in [2.05, 4.69) is 19.2 Å². The van der Waals surface area contributed by atoms with E-state index in [1.54, 1.807) is 0 Å². The number of aliphatic hydroxyl groups is 1. The fraction of sp³-hybridized carbons (Fsp3) is 1.00. The highest BCUT2D eigenvalue weighted by Crippen LogP contribution is 2.37. The summed E-state index contributed by atoms with van der Waals surface area (Å²) in [5.74, 6) is 0. The third-order valence-corrected chi connectivity index (χ3v) is 4.02. The van der Waals surface area contributed by atoms with Crippen LogP contribution in [0.4, 0.5) is 0 Å². The standard InChI is InChI=1S/C12H23NO2/c1-11(2)5-3-4-10(11)13-8-12(14)6-7-15-9-12/h10,13-14H,3-9H2,1-2H3/t10-,12-/m0/s1. The molecule has 2 rings (SSSR count). The molecule has 2 fully saturated rings. The van der Waals surface area contributed by atoms with Crippen LogP contribution in [-0.4, -0.2) is 36.5 Å². The van der Waals surface area contributed by atoms with Crippen LogP contribution in [0.15, 0.2) is 0 Å². The van der Waals surface area contributed by atoms with E-state index in [0.29, 0.717) is 31.2 Å². The van der Waals surface area contributed by atoms with Crippen LogP contribution in [0.1, 0.15) is 39.5 Å². The van der Waals surface area contributed by atoms with Gasteiger partial charge in [0.25, 0.3) is 0 Å². The molecule has 1 heterocycles. The zero-order valence-corrected chi connectivity index (χ0v) is 9.88. The molecule has 1 aliphatic heterocycles. The van der Waals surface area contributed by atoms with Gasteiger partial charge >= 0.3 is 0 Å². The van der Waals surface area contributed by atoms with Crippen LogP contribution in [0.5, 0.6) is 0 Å². The molecule has 88 valence electrons. The monoisotopic (exact) mass is 213 g/mol. The average molecular weight is 213 g/mol. The van der Waals surface area contributed by atoms with Gasteiger partial charge in [-0.05, 0) is 18.3 Å². The smallest absolute Gasteiger partial charge is 0.102 e. The summed E-state index contributed by atoms with van der Waals surface area (Å²) in [7, 11) is 0. The summed E-state index contributed by atoms with van der Waals surface area (Å²) < 4.78 is 5.24. The van der Waals surface area contributed by atoms with Crippen LogP contribution in [0, 0.1) is 5.41 Å². The maximum absolute atomic E-state index is 10.1. The van der Waals surface area contributed by atoms with Gasteiger partial charge in [0.2, 0.25) is 0 Å². The molecule has 0 aromatic rings. The Kier molecular flexibility index (Phi) is 3.06. The van der Waals surface area contributed by atoms with E-state index in [4.69, 9.17) is 4.74 Å². The zero-order chi connectivity index (χ0) is 10.9. The van der Waals surface area contributed by atoms with Gasteiger partial charge in [0.15, 0.2) is 0 Å². The van der Waals surface area contributed by atoms with Gasteiger partial charge in [0, 0.05) is 25.6 Å². The van der Waals surface area contributed by atoms with E-state index in [1.165, 1.54) is 19.3 Å². The molecule has 1 aliphatic carbocycles. The SMILES string of the molecule is CC1(C)CCC[C@@H]1NC[C@@]1(O)CCOC1. The highest BCUT2D eigenvalue weighted by molar-refractivity contribution is 4.93. The maximum Gasteiger partial charge on any atom is 0.102 e. The molecule has 1 saturated carbocycles. The number of nitrogens with one attached hydrogen (secondary N) is 1. The predicted octanol–water partition coefficient (Wildman–Crippen LogP) is 1.31. The van der Waals surface area contributed by atoms with Crippen LogP contribution >= 0.6 is 0 Å². The molecule has 1 saturated heterocycles. The molecule has 0 aromatic heterocycles. The van der Waals surface area contributed by atoms with E-state index in [-0.39, 0.29) is 0 Å². The quantitative estimate of drug-likeness (QED) is 0.742. The molecule has 2 N–H and O–H groups in total. The van der Waals surface area contributed by atoms with E-state index in [0.717, 1.165) is 6.42 Å². The topological polar surface area (TPSA) is 41.5 Å². The minimum Gasteiger partial charge on any atom is -0.386 e. The van der Waals surface area contributed by atoms with Crippen molar-refractivity contribution in [2.24, 2.45) is 5.41 Å². The van der Waals surface area contributed by atoms with Crippen LogP contribution in [0.25, 0.3) is 0 Å². The molecular formula is C12H23NO2. The van der Waals surface area contributed by atoms with Gasteiger partial charge in [-0.3, -0.25) is 0 Å². The summed E-state index contributed by atoms with van der Waals surface area (Å²) in [6, 6.07) is 0.558. The maximum atomic E-state index is 10.1. The van der Waals surface area contributed by atoms with Crippen molar-refractivity contribution in [3.8, 4) is 0 Å². The highest BCUT2D eigenvalue weighted by atomic mass is 16.5. The second-order valence-corrected chi connectivity index (χ2v) is 5.84. The van der Waals surface area contributed by atoms with Crippen LogP contribution in [0.2, 0.25) is 0 Å². The van der Waals surface area contributed by atoms with Gasteiger partial charge in [-0.15, -0.1) is 0 Å². The zero-order valence-electron chi connectivity index (χ0n) is 9.88. The van der Waals surface area contributed by atoms with Gasteiger partial charge in [0.1, 0.15) is 5.60 Å². The molecule has 3 heteroatoms. The molecule has 15 heavy (non-hydrogen) atoms. The fourth-order valence-electron chi connectivity index (χ4n) is 2.75. The van der Waals surface area contributed by atoms with E-state index in [9.17, 15) is 5.11 Å². The van der Waals surface area contributed by atoms with E-state index >= 15 is 0 Å². The Hall–Kier alpha value is -0.120. The van der Waals surface area contributed by atoms with Crippen molar-refractivity contribution < 1.29 is 9.84 Å². The van der Waals surface area contributed by atoms with Crippen LogP contribution in [-0.2, 0) is 4.74 Å². The predicted molar refractivity (Wildman–Crippen MR) is 59.8 cm³/mol. The van der Waals surface area contributed by atoms with E-state index in [1.807, 2.05) is 0 Å². The van der Waals surface area contributed by atoms with Crippen molar-refractivity contribution in [3.63, 3.8) is 0 Å².